The lowest BCUT2D eigenvalue weighted by Gasteiger charge is -2.25. The van der Waals surface area contributed by atoms with Crippen LogP contribution in [0.1, 0.15) is 22.0 Å². The third-order valence-electron chi connectivity index (χ3n) is 3.49. The Hall–Kier alpha value is -2.50. The van der Waals surface area contributed by atoms with E-state index in [9.17, 15) is 4.79 Å². The summed E-state index contributed by atoms with van der Waals surface area (Å²) in [5.41, 5.74) is 1.22. The molecule has 1 aliphatic heterocycles. The Bertz CT molecular complexity index is 651. The molecule has 2 aromatic rings. The SMILES string of the molecule is COc1cccc(C2CNc3cc(C(=O)O)nn3C2)c1. The first kappa shape index (κ1) is 12.5. The first-order chi connectivity index (χ1) is 9.67. The molecule has 0 spiro atoms. The van der Waals surface area contributed by atoms with Crippen LogP contribution in [0.3, 0.4) is 0 Å². The third-order valence-corrected chi connectivity index (χ3v) is 3.49. The molecule has 0 bridgehead atoms. The van der Waals surface area contributed by atoms with Crippen LogP contribution in [0.25, 0.3) is 0 Å². The minimum Gasteiger partial charge on any atom is -0.497 e. The summed E-state index contributed by atoms with van der Waals surface area (Å²) in [7, 11) is 1.64. The Balaban J connectivity index is 1.85. The number of ether oxygens (including phenoxy) is 1. The van der Waals surface area contributed by atoms with Crippen LogP contribution in [-0.2, 0) is 6.54 Å². The van der Waals surface area contributed by atoms with Gasteiger partial charge in [0.1, 0.15) is 11.6 Å². The number of hydrogen-bond acceptors (Lipinski definition) is 4. The molecule has 0 fully saturated rings. The van der Waals surface area contributed by atoms with E-state index >= 15 is 0 Å². The van der Waals surface area contributed by atoms with Gasteiger partial charge in [-0.25, -0.2) is 9.48 Å². The summed E-state index contributed by atoms with van der Waals surface area (Å²) in [6.07, 6.45) is 0. The monoisotopic (exact) mass is 273 g/mol. The average Bonchev–Trinajstić information content (AvgIpc) is 2.90. The zero-order valence-corrected chi connectivity index (χ0v) is 11.0. The van der Waals surface area contributed by atoms with Gasteiger partial charge < -0.3 is 15.2 Å². The molecule has 2 heterocycles. The molecular weight excluding hydrogens is 258 g/mol. The van der Waals surface area contributed by atoms with Crippen molar-refractivity contribution >= 4 is 11.8 Å². The van der Waals surface area contributed by atoms with Crippen molar-refractivity contribution in [1.82, 2.24) is 9.78 Å². The highest BCUT2D eigenvalue weighted by molar-refractivity contribution is 5.86. The summed E-state index contributed by atoms with van der Waals surface area (Å²) in [6, 6.07) is 9.46. The number of nitrogens with zero attached hydrogens (tertiary/aromatic N) is 2. The van der Waals surface area contributed by atoms with Crippen LogP contribution in [0.5, 0.6) is 5.75 Å². The number of aromatic carboxylic acids is 1. The van der Waals surface area contributed by atoms with Gasteiger partial charge in [-0.15, -0.1) is 0 Å². The summed E-state index contributed by atoms with van der Waals surface area (Å²) >= 11 is 0. The Morgan fingerprint density at radius 2 is 2.35 bits per heavy atom. The van der Waals surface area contributed by atoms with Gasteiger partial charge in [-0.2, -0.15) is 5.10 Å². The number of fused-ring (bicyclic) bond motifs is 1. The van der Waals surface area contributed by atoms with Gasteiger partial charge in [0.25, 0.3) is 0 Å². The van der Waals surface area contributed by atoms with Crippen molar-refractivity contribution in [3.63, 3.8) is 0 Å². The highest BCUT2D eigenvalue weighted by Crippen LogP contribution is 2.27. The molecule has 1 atom stereocenters. The minimum atomic E-state index is -1.01. The maximum atomic E-state index is 10.9. The van der Waals surface area contributed by atoms with Gasteiger partial charge in [-0.1, -0.05) is 12.1 Å². The van der Waals surface area contributed by atoms with E-state index < -0.39 is 5.97 Å². The third kappa shape index (κ3) is 2.20. The highest BCUT2D eigenvalue weighted by Gasteiger charge is 2.23. The molecular formula is C14H15N3O3. The van der Waals surface area contributed by atoms with Crippen molar-refractivity contribution in [2.24, 2.45) is 0 Å². The highest BCUT2D eigenvalue weighted by atomic mass is 16.5. The number of benzene rings is 1. The number of carbonyl (C=O) groups is 1. The second-order valence-electron chi connectivity index (χ2n) is 4.76. The number of carboxylic acid groups (broad SMARTS) is 1. The van der Waals surface area contributed by atoms with Crippen molar-refractivity contribution in [2.45, 2.75) is 12.5 Å². The van der Waals surface area contributed by atoms with Crippen molar-refractivity contribution in [1.29, 1.82) is 0 Å². The van der Waals surface area contributed by atoms with Crippen LogP contribution in [0.4, 0.5) is 5.82 Å². The van der Waals surface area contributed by atoms with Crippen LogP contribution in [-0.4, -0.2) is 34.5 Å². The predicted molar refractivity (Wildman–Crippen MR) is 73.4 cm³/mol. The molecule has 0 amide bonds. The van der Waals surface area contributed by atoms with Gasteiger partial charge in [-0.05, 0) is 17.7 Å². The van der Waals surface area contributed by atoms with Crippen molar-refractivity contribution in [3.8, 4) is 5.75 Å². The van der Waals surface area contributed by atoms with E-state index in [2.05, 4.69) is 10.4 Å². The molecule has 6 heteroatoms. The minimum absolute atomic E-state index is 0.0683. The number of nitrogens with one attached hydrogen (secondary N) is 1. The number of aromatic nitrogens is 2. The fourth-order valence-corrected chi connectivity index (χ4v) is 2.42. The molecule has 1 unspecified atom stereocenters. The van der Waals surface area contributed by atoms with E-state index in [1.165, 1.54) is 0 Å². The Kier molecular flexibility index (Phi) is 3.06. The van der Waals surface area contributed by atoms with Gasteiger partial charge in [0.2, 0.25) is 0 Å². The molecule has 0 saturated carbocycles. The van der Waals surface area contributed by atoms with Crippen LogP contribution < -0.4 is 10.1 Å². The fraction of sp³-hybridized carbons (Fsp3) is 0.286. The van der Waals surface area contributed by atoms with Gasteiger partial charge in [-0.3, -0.25) is 0 Å². The number of methoxy groups -OCH3 is 1. The van der Waals surface area contributed by atoms with Crippen LogP contribution >= 0.6 is 0 Å². The number of carboxylic acids is 1. The molecule has 3 rings (SSSR count). The van der Waals surface area contributed by atoms with Gasteiger partial charge >= 0.3 is 5.97 Å². The Morgan fingerprint density at radius 3 is 3.10 bits per heavy atom. The summed E-state index contributed by atoms with van der Waals surface area (Å²) < 4.78 is 6.94. The van der Waals surface area contributed by atoms with Gasteiger partial charge in [0.15, 0.2) is 5.69 Å². The average molecular weight is 273 g/mol. The van der Waals surface area contributed by atoms with E-state index in [1.54, 1.807) is 17.9 Å². The fourth-order valence-electron chi connectivity index (χ4n) is 2.42. The maximum Gasteiger partial charge on any atom is 0.356 e. The number of anilines is 1. The quantitative estimate of drug-likeness (QED) is 0.891. The summed E-state index contributed by atoms with van der Waals surface area (Å²) in [5.74, 6) is 0.798. The number of hydrogen-bond donors (Lipinski definition) is 2. The number of rotatable bonds is 3. The summed E-state index contributed by atoms with van der Waals surface area (Å²) in [4.78, 5) is 10.9. The maximum absolute atomic E-state index is 10.9. The first-order valence-corrected chi connectivity index (χ1v) is 6.36. The molecule has 1 aromatic heterocycles. The van der Waals surface area contributed by atoms with Crippen LogP contribution in [0, 0.1) is 0 Å². The zero-order valence-electron chi connectivity index (χ0n) is 11.0. The molecule has 0 saturated heterocycles. The van der Waals surface area contributed by atoms with E-state index in [-0.39, 0.29) is 11.6 Å². The van der Waals surface area contributed by atoms with Crippen molar-refractivity contribution in [2.75, 3.05) is 19.0 Å². The summed E-state index contributed by atoms with van der Waals surface area (Å²) in [5, 5.41) is 16.3. The molecule has 2 N–H and O–H groups in total. The predicted octanol–water partition coefficient (Wildman–Crippen LogP) is 1.80. The molecule has 6 nitrogen and oxygen atoms in total. The second kappa shape index (κ2) is 4.88. The Morgan fingerprint density at radius 1 is 1.50 bits per heavy atom. The van der Waals surface area contributed by atoms with Crippen molar-refractivity contribution < 1.29 is 14.6 Å². The molecule has 0 radical (unpaired) electrons. The van der Waals surface area contributed by atoms with Crippen LogP contribution in [0.2, 0.25) is 0 Å². The molecule has 0 aliphatic carbocycles. The van der Waals surface area contributed by atoms with Crippen LogP contribution in [0.15, 0.2) is 30.3 Å². The summed E-state index contributed by atoms with van der Waals surface area (Å²) in [6.45, 7) is 1.40. The second-order valence-corrected chi connectivity index (χ2v) is 4.76. The lowest BCUT2D eigenvalue weighted by Crippen LogP contribution is -2.26. The van der Waals surface area contributed by atoms with E-state index in [0.29, 0.717) is 6.54 Å². The smallest absolute Gasteiger partial charge is 0.356 e. The van der Waals surface area contributed by atoms with E-state index in [4.69, 9.17) is 9.84 Å². The largest absolute Gasteiger partial charge is 0.497 e. The van der Waals surface area contributed by atoms with Gasteiger partial charge in [0.05, 0.1) is 13.7 Å². The molecule has 104 valence electrons. The molecule has 20 heavy (non-hydrogen) atoms. The molecule has 1 aromatic carbocycles. The normalized spacial score (nSPS) is 17.1. The van der Waals surface area contributed by atoms with E-state index in [1.807, 2.05) is 24.3 Å². The standard InChI is InChI=1S/C14H15N3O3/c1-20-11-4-2-3-9(5-11)10-7-15-13-6-12(14(18)19)16-17(13)8-10/h2-6,10,15H,7-8H2,1H3,(H,18,19). The Labute approximate surface area is 116 Å². The molecule has 1 aliphatic rings. The lowest BCUT2D eigenvalue weighted by atomic mass is 9.97. The lowest BCUT2D eigenvalue weighted by molar-refractivity contribution is 0.0689. The topological polar surface area (TPSA) is 76.4 Å². The van der Waals surface area contributed by atoms with Gasteiger partial charge in [0, 0.05) is 18.5 Å². The zero-order chi connectivity index (χ0) is 14.1. The van der Waals surface area contributed by atoms with Crippen molar-refractivity contribution in [3.05, 3.63) is 41.6 Å². The first-order valence-electron chi connectivity index (χ1n) is 6.36. The van der Waals surface area contributed by atoms with E-state index in [0.717, 1.165) is 23.7 Å².